The first kappa shape index (κ1) is 42.3. The second-order valence-corrected chi connectivity index (χ2v) is 15.7. The number of hydrogen-bond acceptors (Lipinski definition) is 8. The van der Waals surface area contributed by atoms with Crippen LogP contribution in [0.5, 0.6) is 0 Å². The quantitative estimate of drug-likeness (QED) is 0.0782. The van der Waals surface area contributed by atoms with Gasteiger partial charge in [-0.15, -0.1) is 0 Å². The van der Waals surface area contributed by atoms with E-state index in [9.17, 15) is 24.6 Å². The van der Waals surface area contributed by atoms with Crippen molar-refractivity contribution >= 4 is 17.6 Å². The Balaban J connectivity index is 1.36. The summed E-state index contributed by atoms with van der Waals surface area (Å²) in [5.74, 6) is -0.680. The van der Waals surface area contributed by atoms with Crippen molar-refractivity contribution in [2.45, 2.75) is 174 Å². The summed E-state index contributed by atoms with van der Waals surface area (Å²) in [6.07, 6.45) is 14.5. The van der Waals surface area contributed by atoms with Crippen LogP contribution in [0.15, 0.2) is 23.8 Å². The van der Waals surface area contributed by atoms with Gasteiger partial charge >= 0.3 is 0 Å². The third-order valence-corrected chi connectivity index (χ3v) is 11.2. The molecule has 50 heavy (non-hydrogen) atoms. The van der Waals surface area contributed by atoms with Gasteiger partial charge in [-0.2, -0.15) is 0 Å². The molecule has 0 saturated carbocycles. The van der Waals surface area contributed by atoms with Crippen LogP contribution in [0.1, 0.15) is 132 Å². The predicted octanol–water partition coefficient (Wildman–Crippen LogP) is 5.93. The highest BCUT2D eigenvalue weighted by atomic mass is 16.7. The van der Waals surface area contributed by atoms with Gasteiger partial charge in [0.25, 0.3) is 0 Å². The molecule has 0 aromatic carbocycles. The van der Waals surface area contributed by atoms with Crippen molar-refractivity contribution in [1.82, 2.24) is 10.6 Å². The van der Waals surface area contributed by atoms with Gasteiger partial charge in [-0.05, 0) is 108 Å². The molecule has 0 aromatic rings. The fourth-order valence-corrected chi connectivity index (χ4v) is 7.51. The van der Waals surface area contributed by atoms with E-state index in [0.717, 1.165) is 76.2 Å². The molecule has 1 spiro atoms. The van der Waals surface area contributed by atoms with Gasteiger partial charge in [0.15, 0.2) is 11.6 Å². The van der Waals surface area contributed by atoms with Crippen LogP contribution >= 0.6 is 0 Å². The predicted molar refractivity (Wildman–Crippen MR) is 195 cm³/mol. The maximum atomic E-state index is 12.9. The highest BCUT2D eigenvalue weighted by molar-refractivity contribution is 5.89. The first-order chi connectivity index (χ1) is 23.7. The highest BCUT2D eigenvalue weighted by Gasteiger charge is 2.44. The number of carbonyl (C=O) groups excluding carboxylic acids is 3. The Bertz CT molecular complexity index is 1140. The molecule has 0 bridgehead atoms. The van der Waals surface area contributed by atoms with Crippen LogP contribution < -0.4 is 10.6 Å². The molecule has 10 nitrogen and oxygen atoms in total. The van der Waals surface area contributed by atoms with E-state index in [1.165, 1.54) is 0 Å². The van der Waals surface area contributed by atoms with Crippen molar-refractivity contribution in [2.75, 3.05) is 13.1 Å². The number of ketones is 1. The van der Waals surface area contributed by atoms with Crippen molar-refractivity contribution in [2.24, 2.45) is 23.7 Å². The molecule has 286 valence electrons. The lowest BCUT2D eigenvalue weighted by Gasteiger charge is -2.48. The molecule has 0 radical (unpaired) electrons. The lowest BCUT2D eigenvalue weighted by molar-refractivity contribution is -0.324. The summed E-state index contributed by atoms with van der Waals surface area (Å²) in [5, 5.41) is 26.2. The molecule has 0 aromatic heterocycles. The average molecular weight is 705 g/mol. The van der Waals surface area contributed by atoms with Gasteiger partial charge < -0.3 is 35.1 Å². The molecule has 0 aliphatic carbocycles. The summed E-state index contributed by atoms with van der Waals surface area (Å²) in [4.78, 5) is 37.6. The third-order valence-electron chi connectivity index (χ3n) is 11.2. The number of hydrogen-bond donors (Lipinski definition) is 4. The van der Waals surface area contributed by atoms with Crippen LogP contribution in [0.4, 0.5) is 0 Å². The van der Waals surface area contributed by atoms with Gasteiger partial charge in [-0.1, -0.05) is 39.8 Å². The monoisotopic (exact) mass is 704 g/mol. The summed E-state index contributed by atoms with van der Waals surface area (Å²) >= 11 is 0. The number of ether oxygens (including phenoxy) is 3. The number of aliphatic hydroxyl groups is 2. The Morgan fingerprint density at radius 2 is 1.64 bits per heavy atom. The van der Waals surface area contributed by atoms with Crippen molar-refractivity contribution in [3.63, 3.8) is 0 Å². The molecular weight excluding hydrogens is 636 g/mol. The summed E-state index contributed by atoms with van der Waals surface area (Å²) in [6, 6.07) is 0. The fourth-order valence-electron chi connectivity index (χ4n) is 7.51. The smallest absolute Gasteiger partial charge is 0.225 e. The second-order valence-electron chi connectivity index (χ2n) is 15.7. The van der Waals surface area contributed by atoms with Gasteiger partial charge in [0.05, 0.1) is 49.0 Å². The molecule has 3 heterocycles. The summed E-state index contributed by atoms with van der Waals surface area (Å²) in [6.45, 7) is 14.2. The van der Waals surface area contributed by atoms with E-state index in [2.05, 4.69) is 30.6 Å². The molecule has 4 N–H and O–H groups in total. The first-order valence-electron chi connectivity index (χ1n) is 19.5. The number of carbonyl (C=O) groups is 3. The zero-order valence-electron chi connectivity index (χ0n) is 32.0. The maximum Gasteiger partial charge on any atom is 0.225 e. The normalized spacial score (nSPS) is 31.6. The minimum absolute atomic E-state index is 0.0223. The van der Waals surface area contributed by atoms with E-state index in [1.54, 1.807) is 26.0 Å². The Morgan fingerprint density at radius 1 is 0.900 bits per heavy atom. The van der Waals surface area contributed by atoms with Crippen LogP contribution in [-0.4, -0.2) is 83.3 Å². The van der Waals surface area contributed by atoms with Crippen LogP contribution in [0, 0.1) is 23.7 Å². The number of nitrogens with one attached hydrogen (secondary N) is 2. The minimum atomic E-state index is -1.02. The number of allylic oxidation sites excluding steroid dienone is 3. The zero-order chi connectivity index (χ0) is 36.8. The highest BCUT2D eigenvalue weighted by Crippen LogP contribution is 2.43. The van der Waals surface area contributed by atoms with Crippen LogP contribution in [0.2, 0.25) is 0 Å². The molecule has 10 heteroatoms. The Kier molecular flexibility index (Phi) is 17.6. The van der Waals surface area contributed by atoms with Gasteiger partial charge in [-0.25, -0.2) is 0 Å². The molecule has 3 aliphatic heterocycles. The van der Waals surface area contributed by atoms with Gasteiger partial charge in [0, 0.05) is 32.4 Å². The van der Waals surface area contributed by atoms with Crippen LogP contribution in [-0.2, 0) is 28.6 Å². The van der Waals surface area contributed by atoms with Crippen LogP contribution in [0.25, 0.3) is 0 Å². The van der Waals surface area contributed by atoms with E-state index in [4.69, 9.17) is 14.2 Å². The largest absolute Gasteiger partial charge is 0.390 e. The molecule has 3 fully saturated rings. The van der Waals surface area contributed by atoms with Gasteiger partial charge in [0.1, 0.15) is 0 Å². The van der Waals surface area contributed by atoms with E-state index < -0.39 is 23.9 Å². The van der Waals surface area contributed by atoms with Crippen molar-refractivity contribution in [3.8, 4) is 0 Å². The molecular formula is C40H68N2O8. The maximum absolute atomic E-state index is 12.9. The zero-order valence-corrected chi connectivity index (χ0v) is 32.0. The van der Waals surface area contributed by atoms with Gasteiger partial charge in [0.2, 0.25) is 11.8 Å². The van der Waals surface area contributed by atoms with Crippen molar-refractivity contribution in [3.05, 3.63) is 23.8 Å². The number of amides is 2. The molecule has 2 amide bonds. The Morgan fingerprint density at radius 3 is 2.36 bits per heavy atom. The second kappa shape index (κ2) is 20.8. The molecule has 11 atom stereocenters. The number of rotatable bonds is 18. The molecule has 0 unspecified atom stereocenters. The first-order valence-corrected chi connectivity index (χ1v) is 19.5. The summed E-state index contributed by atoms with van der Waals surface area (Å²) in [7, 11) is 0. The lowest BCUT2D eigenvalue weighted by Crippen LogP contribution is -2.50. The van der Waals surface area contributed by atoms with Crippen molar-refractivity contribution < 1.29 is 38.8 Å². The third kappa shape index (κ3) is 13.8. The Labute approximate surface area is 301 Å². The fraction of sp³-hybridized carbons (Fsp3) is 0.825. The topological polar surface area (TPSA) is 143 Å². The van der Waals surface area contributed by atoms with Crippen LogP contribution in [0.3, 0.4) is 0 Å². The van der Waals surface area contributed by atoms with E-state index in [0.29, 0.717) is 24.8 Å². The Hall–Kier alpha value is -2.11. The SMILES string of the molecule is C/C=C/C(=O)C[C@H]1CC[C@@H](C)[C@H](CC(=O)NC[C@@H](O)[C@@H](C)C(=O)NCCC[C@H]2O[C@@]3(CCC[C@@H](CC[C@H](C)/C=C(\C)[C@H](C)O)O3)CC[C@@H]2C)O1. The summed E-state index contributed by atoms with van der Waals surface area (Å²) in [5.41, 5.74) is 1.01. The van der Waals surface area contributed by atoms with E-state index in [1.807, 2.05) is 20.8 Å². The average Bonchev–Trinajstić information content (AvgIpc) is 3.07. The van der Waals surface area contributed by atoms with E-state index in [-0.39, 0.29) is 60.9 Å². The van der Waals surface area contributed by atoms with E-state index >= 15 is 0 Å². The number of aliphatic hydroxyl groups excluding tert-OH is 2. The standard InChI is InChI=1S/C40H68N2O8/c1-8-11-32(44)23-34-17-15-27(3)37(48-34)24-38(46)42-25-35(45)30(6)39(47)41-21-10-13-36-28(4)18-20-40(50-36)19-9-12-33(49-40)16-14-26(2)22-29(5)31(7)43/h8,11,22,26-28,30-31,33-37,43,45H,9-10,12-21,23-25H2,1-7H3,(H,41,47)(H,42,46)/b11-8+,29-22+/t26-,27+,28-,30+,31-,33-,34+,35+,36+,37-,40-/m0/s1. The van der Waals surface area contributed by atoms with Crippen molar-refractivity contribution in [1.29, 1.82) is 0 Å². The molecule has 3 saturated heterocycles. The lowest BCUT2D eigenvalue weighted by atomic mass is 9.85. The molecule has 3 rings (SSSR count). The molecule has 3 aliphatic rings. The summed E-state index contributed by atoms with van der Waals surface area (Å²) < 4.78 is 19.5. The minimum Gasteiger partial charge on any atom is -0.390 e. The van der Waals surface area contributed by atoms with Gasteiger partial charge in [-0.3, -0.25) is 14.4 Å².